The van der Waals surface area contributed by atoms with Crippen LogP contribution >= 0.6 is 0 Å². The maximum absolute atomic E-state index is 12.9. The number of amides is 2. The molecule has 1 aliphatic heterocycles. The number of nitro groups is 1. The Labute approximate surface area is 173 Å². The summed E-state index contributed by atoms with van der Waals surface area (Å²) in [6, 6.07) is 11.3. The predicted molar refractivity (Wildman–Crippen MR) is 109 cm³/mol. The molecule has 0 unspecified atom stereocenters. The van der Waals surface area contributed by atoms with E-state index in [-0.39, 0.29) is 17.9 Å². The largest absolute Gasteiger partial charge is 0.497 e. The highest BCUT2D eigenvalue weighted by atomic mass is 16.6. The Kier molecular flexibility index (Phi) is 6.01. The first-order valence-electron chi connectivity index (χ1n) is 9.24. The Morgan fingerprint density at radius 1 is 1.17 bits per heavy atom. The Morgan fingerprint density at radius 2 is 1.80 bits per heavy atom. The lowest BCUT2D eigenvalue weighted by Crippen LogP contribution is -2.48. The van der Waals surface area contributed by atoms with E-state index in [2.05, 4.69) is 5.32 Å². The zero-order valence-electron chi connectivity index (χ0n) is 16.7. The number of esters is 1. The van der Waals surface area contributed by atoms with Gasteiger partial charge in [-0.25, -0.2) is 9.59 Å². The van der Waals surface area contributed by atoms with E-state index in [1.165, 1.54) is 29.2 Å². The van der Waals surface area contributed by atoms with E-state index in [9.17, 15) is 19.7 Å². The van der Waals surface area contributed by atoms with Crippen molar-refractivity contribution in [3.8, 4) is 5.75 Å². The monoisotopic (exact) mass is 411 g/mol. The van der Waals surface area contributed by atoms with E-state index >= 15 is 0 Å². The second-order valence-corrected chi connectivity index (χ2v) is 6.48. The number of methoxy groups -OCH3 is 1. The highest BCUT2D eigenvalue weighted by Gasteiger charge is 2.37. The molecule has 0 spiro atoms. The Morgan fingerprint density at radius 3 is 2.33 bits per heavy atom. The molecule has 1 N–H and O–H groups in total. The summed E-state index contributed by atoms with van der Waals surface area (Å²) in [5.41, 5.74) is 1.66. The fraction of sp³-hybridized carbons (Fsp3) is 0.238. The van der Waals surface area contributed by atoms with E-state index in [4.69, 9.17) is 9.47 Å². The normalized spacial score (nSPS) is 16.2. The van der Waals surface area contributed by atoms with Gasteiger partial charge in [-0.2, -0.15) is 0 Å². The van der Waals surface area contributed by atoms with Gasteiger partial charge in [0, 0.05) is 17.8 Å². The zero-order valence-corrected chi connectivity index (χ0v) is 16.7. The smallest absolute Gasteiger partial charge is 0.338 e. The number of rotatable bonds is 6. The van der Waals surface area contributed by atoms with Crippen LogP contribution in [0.15, 0.2) is 59.8 Å². The van der Waals surface area contributed by atoms with Crippen LogP contribution in [0.3, 0.4) is 0 Å². The minimum atomic E-state index is -0.799. The molecule has 0 saturated heterocycles. The van der Waals surface area contributed by atoms with Gasteiger partial charge in [-0.1, -0.05) is 0 Å². The van der Waals surface area contributed by atoms with Gasteiger partial charge in [-0.3, -0.25) is 15.0 Å². The van der Waals surface area contributed by atoms with Gasteiger partial charge < -0.3 is 14.8 Å². The molecule has 9 heteroatoms. The first-order valence-corrected chi connectivity index (χ1v) is 9.24. The summed E-state index contributed by atoms with van der Waals surface area (Å²) in [5.74, 6) is 0.0593. The second-order valence-electron chi connectivity index (χ2n) is 6.48. The molecule has 30 heavy (non-hydrogen) atoms. The maximum atomic E-state index is 12.9. The van der Waals surface area contributed by atoms with Crippen LogP contribution in [0, 0.1) is 10.1 Å². The number of hydrogen-bond donors (Lipinski definition) is 1. The first kappa shape index (κ1) is 20.8. The number of carbonyl (C=O) groups excluding carboxylic acids is 2. The number of nitrogens with zero attached hydrogens (tertiary/aromatic N) is 2. The van der Waals surface area contributed by atoms with Crippen LogP contribution in [0.25, 0.3) is 0 Å². The van der Waals surface area contributed by atoms with E-state index in [1.807, 2.05) is 0 Å². The molecule has 0 bridgehead atoms. The lowest BCUT2D eigenvalue weighted by molar-refractivity contribution is -0.384. The number of anilines is 1. The highest BCUT2D eigenvalue weighted by molar-refractivity contribution is 6.03. The van der Waals surface area contributed by atoms with Gasteiger partial charge in [0.15, 0.2) is 0 Å². The molecule has 2 aromatic carbocycles. The van der Waals surface area contributed by atoms with E-state index in [0.717, 1.165) is 0 Å². The molecule has 2 amide bonds. The van der Waals surface area contributed by atoms with Crippen LogP contribution in [-0.4, -0.2) is 30.6 Å². The number of allylic oxidation sites excluding steroid dienone is 1. The Balaban J connectivity index is 2.07. The minimum absolute atomic E-state index is 0.0841. The summed E-state index contributed by atoms with van der Waals surface area (Å²) in [4.78, 5) is 37.5. The molecule has 1 aliphatic rings. The number of carbonyl (C=O) groups is 2. The van der Waals surface area contributed by atoms with Crippen LogP contribution < -0.4 is 15.0 Å². The standard InChI is InChI=1S/C21H21N3O6/c1-4-30-20(25)18-13(2)23(15-9-11-17(29-3)12-10-15)21(26)22-19(18)14-5-7-16(8-6-14)24(27)28/h5-12,19H,4H2,1-3H3,(H,22,26)/t19-/m1/s1. The van der Waals surface area contributed by atoms with Crippen LogP contribution in [0.2, 0.25) is 0 Å². The molecule has 156 valence electrons. The number of hydrogen-bond acceptors (Lipinski definition) is 6. The lowest BCUT2D eigenvalue weighted by atomic mass is 9.94. The summed E-state index contributed by atoms with van der Waals surface area (Å²) < 4.78 is 10.4. The van der Waals surface area contributed by atoms with Crippen molar-refractivity contribution in [1.29, 1.82) is 0 Å². The lowest BCUT2D eigenvalue weighted by Gasteiger charge is -2.35. The van der Waals surface area contributed by atoms with Gasteiger partial charge in [0.1, 0.15) is 5.75 Å². The summed E-state index contributed by atoms with van der Waals surface area (Å²) in [5, 5.41) is 13.7. The van der Waals surface area contributed by atoms with Crippen molar-refractivity contribution in [2.45, 2.75) is 19.9 Å². The molecule has 0 aromatic heterocycles. The number of urea groups is 1. The van der Waals surface area contributed by atoms with Gasteiger partial charge in [-0.05, 0) is 55.8 Å². The summed E-state index contributed by atoms with van der Waals surface area (Å²) >= 11 is 0. The number of nitro benzene ring substituents is 1. The average molecular weight is 411 g/mol. The van der Waals surface area contributed by atoms with Crippen molar-refractivity contribution in [3.05, 3.63) is 75.5 Å². The molecule has 0 aliphatic carbocycles. The van der Waals surface area contributed by atoms with Crippen molar-refractivity contribution in [3.63, 3.8) is 0 Å². The van der Waals surface area contributed by atoms with E-state index < -0.39 is 23.0 Å². The summed E-state index contributed by atoms with van der Waals surface area (Å²) in [6.07, 6.45) is 0. The van der Waals surface area contributed by atoms with E-state index in [0.29, 0.717) is 22.7 Å². The zero-order chi connectivity index (χ0) is 21.8. The van der Waals surface area contributed by atoms with Crippen molar-refractivity contribution < 1.29 is 24.0 Å². The quantitative estimate of drug-likeness (QED) is 0.441. The molecule has 1 atom stereocenters. The SMILES string of the molecule is CCOC(=O)C1=C(C)N(c2ccc(OC)cc2)C(=O)N[C@@H]1c1ccc([N+](=O)[O-])cc1. The topological polar surface area (TPSA) is 111 Å². The maximum Gasteiger partial charge on any atom is 0.338 e. The minimum Gasteiger partial charge on any atom is -0.497 e. The first-order chi connectivity index (χ1) is 14.4. The summed E-state index contributed by atoms with van der Waals surface area (Å²) in [7, 11) is 1.54. The molecule has 9 nitrogen and oxygen atoms in total. The predicted octanol–water partition coefficient (Wildman–Crippen LogP) is 3.71. The fourth-order valence-corrected chi connectivity index (χ4v) is 3.30. The van der Waals surface area contributed by atoms with Gasteiger partial charge in [-0.15, -0.1) is 0 Å². The molecule has 0 radical (unpaired) electrons. The molecular formula is C21H21N3O6. The number of benzene rings is 2. The van der Waals surface area contributed by atoms with Crippen molar-refractivity contribution in [2.24, 2.45) is 0 Å². The number of ether oxygens (including phenoxy) is 2. The van der Waals surface area contributed by atoms with Crippen LogP contribution in [-0.2, 0) is 9.53 Å². The van der Waals surface area contributed by atoms with Crippen LogP contribution in [0.1, 0.15) is 25.5 Å². The molecule has 3 rings (SSSR count). The Bertz CT molecular complexity index is 998. The number of nitrogens with one attached hydrogen (secondary N) is 1. The van der Waals surface area contributed by atoms with Crippen molar-refractivity contribution >= 4 is 23.4 Å². The molecule has 2 aromatic rings. The second kappa shape index (κ2) is 8.64. The van der Waals surface area contributed by atoms with Crippen LogP contribution in [0.4, 0.5) is 16.2 Å². The average Bonchev–Trinajstić information content (AvgIpc) is 2.74. The number of non-ortho nitro benzene ring substituents is 1. The summed E-state index contributed by atoms with van der Waals surface area (Å²) in [6.45, 7) is 3.52. The van der Waals surface area contributed by atoms with Crippen molar-refractivity contribution in [1.82, 2.24) is 5.32 Å². The van der Waals surface area contributed by atoms with Gasteiger partial charge in [0.2, 0.25) is 0 Å². The third-order valence-electron chi connectivity index (χ3n) is 4.75. The van der Waals surface area contributed by atoms with Gasteiger partial charge >= 0.3 is 12.0 Å². The third kappa shape index (κ3) is 3.95. The van der Waals surface area contributed by atoms with E-state index in [1.54, 1.807) is 45.2 Å². The molecule has 1 heterocycles. The fourth-order valence-electron chi connectivity index (χ4n) is 3.30. The van der Waals surface area contributed by atoms with Crippen molar-refractivity contribution in [2.75, 3.05) is 18.6 Å². The Hall–Kier alpha value is -3.88. The van der Waals surface area contributed by atoms with Crippen LogP contribution in [0.5, 0.6) is 5.75 Å². The molecule has 0 fully saturated rings. The van der Waals surface area contributed by atoms with Gasteiger partial charge in [0.05, 0.1) is 35.9 Å². The van der Waals surface area contributed by atoms with Gasteiger partial charge in [0.25, 0.3) is 5.69 Å². The third-order valence-corrected chi connectivity index (χ3v) is 4.75. The molecule has 0 saturated carbocycles. The highest BCUT2D eigenvalue weighted by Crippen LogP contribution is 2.35. The molecular weight excluding hydrogens is 390 g/mol.